The Kier molecular flexibility index (Phi) is 11.4. The molecule has 7 aromatic carbocycles. The van der Waals surface area contributed by atoms with E-state index >= 15 is 0 Å². The summed E-state index contributed by atoms with van der Waals surface area (Å²) in [6, 6.07) is 57.4. The number of para-hydroxylation sites is 2. The Bertz CT molecular complexity index is 3320. The van der Waals surface area contributed by atoms with Crippen molar-refractivity contribution in [2.75, 3.05) is 0 Å². The smallest absolute Gasteiger partial charge is 0.148 e. The third-order valence-electron chi connectivity index (χ3n) is 12.5. The van der Waals surface area contributed by atoms with Gasteiger partial charge in [0.25, 0.3) is 0 Å². The van der Waals surface area contributed by atoms with Crippen LogP contribution in [0.5, 0.6) is 5.75 Å². The minimum atomic E-state index is -2.18. The molecule has 0 amide bonds. The molecule has 0 bridgehead atoms. The number of hydrogen-bond acceptors (Lipinski definition) is 3. The van der Waals surface area contributed by atoms with Gasteiger partial charge in [0, 0.05) is 42.6 Å². The van der Waals surface area contributed by atoms with Crippen LogP contribution in [-0.4, -0.2) is 19.6 Å². The maximum Gasteiger partial charge on any atom is 0.148 e. The van der Waals surface area contributed by atoms with Gasteiger partial charge in [0.2, 0.25) is 0 Å². The molecule has 0 aliphatic rings. The molecular formula is C61H58N3OPt-. The number of aromatic nitrogens is 3. The molecule has 0 saturated heterocycles. The van der Waals surface area contributed by atoms with Crippen molar-refractivity contribution in [2.24, 2.45) is 0 Å². The summed E-state index contributed by atoms with van der Waals surface area (Å²) in [6.07, 6.45) is 1.79. The molecule has 4 nitrogen and oxygen atoms in total. The number of aromatic hydroxyl groups is 1. The number of imidazole rings is 1. The normalized spacial score (nSPS) is 12.9. The molecule has 0 aliphatic carbocycles. The monoisotopic (exact) mass is 1050 g/mol. The van der Waals surface area contributed by atoms with Crippen LogP contribution in [0.2, 0.25) is 0 Å². The molecular weight excluding hydrogens is 986 g/mol. The van der Waals surface area contributed by atoms with Gasteiger partial charge >= 0.3 is 0 Å². The minimum absolute atomic E-state index is 0. The van der Waals surface area contributed by atoms with Crippen molar-refractivity contribution >= 4 is 11.0 Å². The average molecular weight is 1050 g/mol. The zero-order chi connectivity index (χ0) is 48.3. The van der Waals surface area contributed by atoms with Crippen molar-refractivity contribution in [3.05, 3.63) is 192 Å². The minimum Gasteiger partial charge on any atom is -0.507 e. The van der Waals surface area contributed by atoms with Crippen LogP contribution >= 0.6 is 0 Å². The summed E-state index contributed by atoms with van der Waals surface area (Å²) in [5.74, 6) is 0.837. The van der Waals surface area contributed by atoms with Crippen LogP contribution in [0.15, 0.2) is 164 Å². The quantitative estimate of drug-likeness (QED) is 0.162. The van der Waals surface area contributed by atoms with Gasteiger partial charge in [0.15, 0.2) is 0 Å². The molecule has 2 aromatic heterocycles. The Morgan fingerprint density at radius 3 is 1.85 bits per heavy atom. The fraction of sp³-hybridized carbons (Fsp3) is 0.213. The molecule has 9 aromatic rings. The number of rotatable bonds is 7. The molecule has 0 atom stereocenters. The number of hydrogen-bond donors (Lipinski definition) is 1. The first-order valence-corrected chi connectivity index (χ1v) is 22.5. The van der Waals surface area contributed by atoms with Gasteiger partial charge in [-0.1, -0.05) is 200 Å². The molecule has 0 spiro atoms. The molecule has 5 heteroatoms. The van der Waals surface area contributed by atoms with E-state index in [0.717, 1.165) is 78.0 Å². The number of pyridine rings is 1. The van der Waals surface area contributed by atoms with E-state index in [4.69, 9.17) is 14.1 Å². The van der Waals surface area contributed by atoms with Crippen molar-refractivity contribution in [1.29, 1.82) is 0 Å². The Morgan fingerprint density at radius 2 is 1.17 bits per heavy atom. The second-order valence-electron chi connectivity index (χ2n) is 20.3. The Labute approximate surface area is 410 Å². The Hall–Kier alpha value is -6.35. The Morgan fingerprint density at radius 1 is 0.530 bits per heavy atom. The predicted octanol–water partition coefficient (Wildman–Crippen LogP) is 16.1. The van der Waals surface area contributed by atoms with Gasteiger partial charge in [0.05, 0.1) is 22.3 Å². The van der Waals surface area contributed by atoms with Crippen LogP contribution in [0.25, 0.3) is 83.9 Å². The Balaban J connectivity index is 0.00000642. The fourth-order valence-electron chi connectivity index (χ4n) is 8.72. The zero-order valence-corrected chi connectivity index (χ0v) is 41.5. The molecule has 66 heavy (non-hydrogen) atoms. The van der Waals surface area contributed by atoms with Gasteiger partial charge in [-0.05, 0) is 92.4 Å². The zero-order valence-electron chi connectivity index (χ0n) is 42.2. The van der Waals surface area contributed by atoms with Crippen LogP contribution in [0.1, 0.15) is 88.7 Å². The van der Waals surface area contributed by atoms with E-state index in [1.165, 1.54) is 11.1 Å². The number of nitrogens with zero attached hydrogens (tertiary/aromatic N) is 3. The van der Waals surface area contributed by atoms with Gasteiger partial charge in [-0.25, -0.2) is 4.98 Å². The summed E-state index contributed by atoms with van der Waals surface area (Å²) in [6.45, 7) is 17.5. The van der Waals surface area contributed by atoms with E-state index in [0.29, 0.717) is 17.0 Å². The van der Waals surface area contributed by atoms with Gasteiger partial charge in [-0.3, -0.25) is 9.55 Å². The number of benzene rings is 7. The van der Waals surface area contributed by atoms with Crippen LogP contribution in [0.3, 0.4) is 0 Å². The second-order valence-corrected chi connectivity index (χ2v) is 20.3. The van der Waals surface area contributed by atoms with Gasteiger partial charge < -0.3 is 5.11 Å². The molecule has 1 N–H and O–H groups in total. The van der Waals surface area contributed by atoms with Crippen LogP contribution in [-0.2, 0) is 37.3 Å². The van der Waals surface area contributed by atoms with E-state index in [2.05, 4.69) is 170 Å². The fourth-order valence-corrected chi connectivity index (χ4v) is 8.72. The summed E-state index contributed by atoms with van der Waals surface area (Å²) < 4.78 is 25.9. The summed E-state index contributed by atoms with van der Waals surface area (Å²) in [5.41, 5.74) is 15.7. The maximum atomic E-state index is 12.3. The third kappa shape index (κ3) is 9.09. The molecule has 0 unspecified atom stereocenters. The van der Waals surface area contributed by atoms with Crippen LogP contribution < -0.4 is 0 Å². The first kappa shape index (κ1) is 42.3. The van der Waals surface area contributed by atoms with Gasteiger partial charge in [-0.15, -0.1) is 23.8 Å². The third-order valence-corrected chi connectivity index (χ3v) is 12.5. The molecule has 0 radical (unpaired) electrons. The number of aryl methyl sites for hydroxylation is 1. The second kappa shape index (κ2) is 17.8. The molecule has 334 valence electrons. The van der Waals surface area contributed by atoms with E-state index in [1.54, 1.807) is 18.3 Å². The number of phenolic OH excluding ortho intramolecular Hbond substituents is 1. The number of phenols is 1. The topological polar surface area (TPSA) is 50.9 Å². The van der Waals surface area contributed by atoms with Crippen molar-refractivity contribution in [2.45, 2.75) is 85.4 Å². The molecule has 9 rings (SSSR count). The number of fused-ring (bicyclic) bond motifs is 1. The van der Waals surface area contributed by atoms with E-state index in [-0.39, 0.29) is 43.1 Å². The van der Waals surface area contributed by atoms with Crippen LogP contribution in [0, 0.1) is 12.9 Å². The van der Waals surface area contributed by atoms with Crippen molar-refractivity contribution in [1.82, 2.24) is 14.5 Å². The average Bonchev–Trinajstić information content (AvgIpc) is 3.70. The summed E-state index contributed by atoms with van der Waals surface area (Å²) in [5, 5.41) is 12.3. The molecule has 2 heterocycles. The van der Waals surface area contributed by atoms with E-state index in [1.807, 2.05) is 48.5 Å². The summed E-state index contributed by atoms with van der Waals surface area (Å²) in [4.78, 5) is 10.5. The molecule has 0 aliphatic heterocycles. The first-order chi connectivity index (χ1) is 32.1. The van der Waals surface area contributed by atoms with Gasteiger partial charge in [-0.2, -0.15) is 0 Å². The molecule has 0 saturated carbocycles. The maximum absolute atomic E-state index is 12.3. The van der Waals surface area contributed by atoms with E-state index in [9.17, 15) is 5.11 Å². The van der Waals surface area contributed by atoms with Crippen molar-refractivity contribution in [3.8, 4) is 78.6 Å². The van der Waals surface area contributed by atoms with Crippen LogP contribution in [0.4, 0.5) is 0 Å². The standard InChI is InChI=1S/C61H58N3O.Pt/c1-39-22-24-40(25-23-39)43-32-33-62-53(37-43)46-35-44(41-26-28-47(29-27-41)59(2,3)4)34-45(36-46)49-18-15-21-55-56(49)63-58(50-19-14-20-52(57(50)65)61(8,9)10)64(55)54-31-30-48(60(5,6)7)38-51(54)42-16-12-11-13-17-42;/h11-35,37-38,65H,1-10H3;/q-1;/i1D3;. The summed E-state index contributed by atoms with van der Waals surface area (Å²) in [7, 11) is 0. The van der Waals surface area contributed by atoms with Gasteiger partial charge in [0.1, 0.15) is 11.6 Å². The largest absolute Gasteiger partial charge is 0.507 e. The SMILES string of the molecule is [2H]C([2H])([2H])c1ccc(-c2ccnc(-c3[c-]c(-c4cccc5c4nc(-c4cccc(C(C)(C)C)c4O)n5-c4ccc(C(C)(C)C)cc4-c4ccccc4)cc(-c4ccc(C(C)(C)C)cc4)c3)c2)cc1.[Pt]. The van der Waals surface area contributed by atoms with Crippen molar-refractivity contribution < 1.29 is 30.3 Å². The van der Waals surface area contributed by atoms with Crippen molar-refractivity contribution in [3.63, 3.8) is 0 Å². The predicted molar refractivity (Wildman–Crippen MR) is 273 cm³/mol. The summed E-state index contributed by atoms with van der Waals surface area (Å²) >= 11 is 0. The molecule has 0 fully saturated rings. The van der Waals surface area contributed by atoms with E-state index < -0.39 is 6.85 Å². The first-order valence-electron chi connectivity index (χ1n) is 24.0.